The van der Waals surface area contributed by atoms with Crippen molar-refractivity contribution in [3.8, 4) is 0 Å². The van der Waals surface area contributed by atoms with Crippen LogP contribution in [0.2, 0.25) is 0 Å². The number of aliphatic hydroxyl groups is 1. The molecule has 1 aromatic rings. The molecule has 6 nitrogen and oxygen atoms in total. The summed E-state index contributed by atoms with van der Waals surface area (Å²) in [6.45, 7) is 7.83. The molecule has 136 valence electrons. The van der Waals surface area contributed by atoms with E-state index in [2.05, 4.69) is 31.2 Å². The predicted octanol–water partition coefficient (Wildman–Crippen LogP) is 3.12. The van der Waals surface area contributed by atoms with E-state index in [1.165, 1.54) is 0 Å². The summed E-state index contributed by atoms with van der Waals surface area (Å²) in [5.74, 6) is 0.693. The van der Waals surface area contributed by atoms with Crippen molar-refractivity contribution >= 4 is 11.7 Å². The van der Waals surface area contributed by atoms with Crippen molar-refractivity contribution in [2.45, 2.75) is 65.5 Å². The van der Waals surface area contributed by atoms with Gasteiger partial charge in [-0.3, -0.25) is 4.68 Å². The van der Waals surface area contributed by atoms with Crippen molar-refractivity contribution < 1.29 is 9.90 Å². The molecule has 0 aliphatic heterocycles. The predicted molar refractivity (Wildman–Crippen MR) is 96.1 cm³/mol. The highest BCUT2D eigenvalue weighted by Crippen LogP contribution is 2.25. The minimum atomic E-state index is -0.283. The van der Waals surface area contributed by atoms with Crippen LogP contribution in [0, 0.1) is 11.8 Å². The van der Waals surface area contributed by atoms with Crippen molar-refractivity contribution in [3.05, 3.63) is 11.9 Å². The van der Waals surface area contributed by atoms with Crippen LogP contribution in [-0.2, 0) is 13.0 Å². The average molecular weight is 336 g/mol. The van der Waals surface area contributed by atoms with E-state index in [1.807, 2.05) is 4.68 Å². The summed E-state index contributed by atoms with van der Waals surface area (Å²) < 4.78 is 1.98. The highest BCUT2D eigenvalue weighted by atomic mass is 16.3. The van der Waals surface area contributed by atoms with Crippen molar-refractivity contribution in [3.63, 3.8) is 0 Å². The lowest BCUT2D eigenvalue weighted by molar-refractivity contribution is 0.0575. The number of nitrogens with zero attached hydrogens (tertiary/aromatic N) is 3. The highest BCUT2D eigenvalue weighted by molar-refractivity contribution is 5.89. The fraction of sp³-hybridized carbons (Fsp3) is 0.778. The zero-order valence-electron chi connectivity index (χ0n) is 15.5. The van der Waals surface area contributed by atoms with E-state index in [1.54, 1.807) is 18.1 Å². The molecule has 0 saturated heterocycles. The largest absolute Gasteiger partial charge is 0.393 e. The maximum absolute atomic E-state index is 12.5. The first-order valence-corrected chi connectivity index (χ1v) is 9.17. The quantitative estimate of drug-likeness (QED) is 0.838. The van der Waals surface area contributed by atoms with Crippen LogP contribution in [-0.4, -0.2) is 45.5 Å². The Balaban J connectivity index is 1.97. The second-order valence-electron chi connectivity index (χ2n) is 7.36. The van der Waals surface area contributed by atoms with Crippen LogP contribution in [0.3, 0.4) is 0 Å². The Morgan fingerprint density at radius 1 is 1.46 bits per heavy atom. The molecule has 2 atom stereocenters. The van der Waals surface area contributed by atoms with Crippen LogP contribution < -0.4 is 5.32 Å². The van der Waals surface area contributed by atoms with E-state index in [0.29, 0.717) is 12.5 Å². The normalized spacial score (nSPS) is 21.1. The molecule has 2 rings (SSSR count). The Bertz CT molecular complexity index is 541. The maximum Gasteiger partial charge on any atom is 0.321 e. The summed E-state index contributed by atoms with van der Waals surface area (Å²) in [6.07, 6.45) is 6.35. The zero-order chi connectivity index (χ0) is 17.7. The van der Waals surface area contributed by atoms with Gasteiger partial charge in [0.2, 0.25) is 0 Å². The standard InChI is InChI=1S/C18H32N4O2/c1-5-16-15(10-19-22(16)11-13(2)3)20-18(24)21(4)12-14-8-6-7-9-17(14)23/h10,13-14,17,23H,5-9,11-12H2,1-4H3,(H,20,24). The third-order valence-electron chi connectivity index (χ3n) is 4.79. The number of aromatic nitrogens is 2. The van der Waals surface area contributed by atoms with Crippen molar-refractivity contribution in [2.75, 3.05) is 18.9 Å². The lowest BCUT2D eigenvalue weighted by atomic mass is 9.86. The van der Waals surface area contributed by atoms with E-state index in [-0.39, 0.29) is 18.1 Å². The molecule has 2 N–H and O–H groups in total. The molecule has 6 heteroatoms. The number of carbonyl (C=O) groups excluding carboxylic acids is 1. The van der Waals surface area contributed by atoms with E-state index in [9.17, 15) is 9.90 Å². The molecule has 1 aromatic heterocycles. The van der Waals surface area contributed by atoms with Crippen LogP contribution in [0.1, 0.15) is 52.1 Å². The Labute approximate surface area is 145 Å². The Kier molecular flexibility index (Phi) is 6.66. The van der Waals surface area contributed by atoms with E-state index >= 15 is 0 Å². The van der Waals surface area contributed by atoms with Gasteiger partial charge in [-0.15, -0.1) is 0 Å². The summed E-state index contributed by atoms with van der Waals surface area (Å²) in [5, 5.41) is 17.5. The molecule has 2 unspecified atom stereocenters. The van der Waals surface area contributed by atoms with E-state index < -0.39 is 0 Å². The number of aliphatic hydroxyl groups excluding tert-OH is 1. The number of urea groups is 1. The Hall–Kier alpha value is -1.56. The first kappa shape index (κ1) is 18.8. The van der Waals surface area contributed by atoms with Crippen molar-refractivity contribution in [1.82, 2.24) is 14.7 Å². The van der Waals surface area contributed by atoms with E-state index in [0.717, 1.165) is 50.0 Å². The van der Waals surface area contributed by atoms with Gasteiger partial charge in [-0.1, -0.05) is 33.6 Å². The Morgan fingerprint density at radius 2 is 2.17 bits per heavy atom. The number of carbonyl (C=O) groups is 1. The molecule has 1 saturated carbocycles. The summed E-state index contributed by atoms with van der Waals surface area (Å²) in [4.78, 5) is 14.2. The monoisotopic (exact) mass is 336 g/mol. The SMILES string of the molecule is CCc1c(NC(=O)N(C)CC2CCCCC2O)cnn1CC(C)C. The molecule has 24 heavy (non-hydrogen) atoms. The van der Waals surface area contributed by atoms with Crippen LogP contribution in [0.25, 0.3) is 0 Å². The number of hydrogen-bond acceptors (Lipinski definition) is 3. The zero-order valence-corrected chi connectivity index (χ0v) is 15.5. The van der Waals surface area contributed by atoms with Gasteiger partial charge >= 0.3 is 6.03 Å². The smallest absolute Gasteiger partial charge is 0.321 e. The molecule has 2 amide bonds. The number of rotatable bonds is 6. The third kappa shape index (κ3) is 4.72. The van der Waals surface area contributed by atoms with Gasteiger partial charge in [0, 0.05) is 26.1 Å². The molecular formula is C18H32N4O2. The number of anilines is 1. The summed E-state index contributed by atoms with van der Waals surface area (Å²) in [5.41, 5.74) is 1.85. The van der Waals surface area contributed by atoms with Gasteiger partial charge in [0.15, 0.2) is 0 Å². The van der Waals surface area contributed by atoms with Gasteiger partial charge in [0.05, 0.1) is 23.7 Å². The number of amides is 2. The molecule has 1 aliphatic rings. The number of nitrogens with one attached hydrogen (secondary N) is 1. The fourth-order valence-corrected chi connectivity index (χ4v) is 3.44. The summed E-state index contributed by atoms with van der Waals surface area (Å²) in [7, 11) is 1.79. The van der Waals surface area contributed by atoms with Crippen LogP contribution in [0.4, 0.5) is 10.5 Å². The molecule has 0 bridgehead atoms. The van der Waals surface area contributed by atoms with Gasteiger partial charge in [0.1, 0.15) is 0 Å². The fourth-order valence-electron chi connectivity index (χ4n) is 3.44. The second kappa shape index (κ2) is 8.51. The van der Waals surface area contributed by atoms with Gasteiger partial charge < -0.3 is 15.3 Å². The minimum absolute atomic E-state index is 0.133. The molecule has 0 radical (unpaired) electrons. The lowest BCUT2D eigenvalue weighted by Gasteiger charge is -2.31. The first-order valence-electron chi connectivity index (χ1n) is 9.17. The van der Waals surface area contributed by atoms with Gasteiger partial charge in [-0.05, 0) is 25.2 Å². The Morgan fingerprint density at radius 3 is 2.79 bits per heavy atom. The highest BCUT2D eigenvalue weighted by Gasteiger charge is 2.26. The number of hydrogen-bond donors (Lipinski definition) is 2. The summed E-state index contributed by atoms with van der Waals surface area (Å²) in [6, 6.07) is -0.133. The lowest BCUT2D eigenvalue weighted by Crippen LogP contribution is -2.40. The van der Waals surface area contributed by atoms with Crippen molar-refractivity contribution in [1.29, 1.82) is 0 Å². The van der Waals surface area contributed by atoms with Crippen LogP contribution in [0.5, 0.6) is 0 Å². The first-order chi connectivity index (χ1) is 11.4. The minimum Gasteiger partial charge on any atom is -0.393 e. The molecule has 0 aromatic carbocycles. The molecule has 1 aliphatic carbocycles. The third-order valence-corrected chi connectivity index (χ3v) is 4.79. The van der Waals surface area contributed by atoms with Crippen LogP contribution >= 0.6 is 0 Å². The molecule has 1 fully saturated rings. The second-order valence-corrected chi connectivity index (χ2v) is 7.36. The molecule has 0 spiro atoms. The van der Waals surface area contributed by atoms with E-state index in [4.69, 9.17) is 0 Å². The molecular weight excluding hydrogens is 304 g/mol. The maximum atomic E-state index is 12.5. The van der Waals surface area contributed by atoms with Crippen LogP contribution in [0.15, 0.2) is 6.20 Å². The summed E-state index contributed by atoms with van der Waals surface area (Å²) >= 11 is 0. The molecule has 1 heterocycles. The topological polar surface area (TPSA) is 70.4 Å². The van der Waals surface area contributed by atoms with Gasteiger partial charge in [0.25, 0.3) is 0 Å². The van der Waals surface area contributed by atoms with Crippen molar-refractivity contribution in [2.24, 2.45) is 11.8 Å². The van der Waals surface area contributed by atoms with Gasteiger partial charge in [-0.2, -0.15) is 5.10 Å². The van der Waals surface area contributed by atoms with Gasteiger partial charge in [-0.25, -0.2) is 4.79 Å². The average Bonchev–Trinajstić information content (AvgIpc) is 2.90.